The Labute approximate surface area is 187 Å². The highest BCUT2D eigenvalue weighted by Crippen LogP contribution is 2.30. The van der Waals surface area contributed by atoms with Gasteiger partial charge in [0.2, 0.25) is 0 Å². The van der Waals surface area contributed by atoms with Crippen LogP contribution in [0, 0.1) is 17.7 Å². The fraction of sp³-hybridized carbons (Fsp3) is 0.680. The third kappa shape index (κ3) is 6.78. The van der Waals surface area contributed by atoms with Gasteiger partial charge in [0.05, 0.1) is 11.1 Å². The number of nitrogens with one attached hydrogen (secondary N) is 1. The maximum atomic E-state index is 13.4. The highest BCUT2D eigenvalue weighted by atomic mass is 35.5. The van der Waals surface area contributed by atoms with Gasteiger partial charge in [0, 0.05) is 19.7 Å². The molecule has 1 N–H and O–H groups in total. The summed E-state index contributed by atoms with van der Waals surface area (Å²) in [4.78, 5) is 2.59. The molecule has 1 heterocycles. The van der Waals surface area contributed by atoms with Gasteiger partial charge in [-0.1, -0.05) is 43.7 Å². The average Bonchev–Trinajstić information content (AvgIpc) is 2.76. The van der Waals surface area contributed by atoms with E-state index in [0.717, 1.165) is 45.4 Å². The molecule has 1 aliphatic heterocycles. The summed E-state index contributed by atoms with van der Waals surface area (Å²) in [6.45, 7) is 8.98. The van der Waals surface area contributed by atoms with Crippen LogP contribution >= 0.6 is 11.6 Å². The van der Waals surface area contributed by atoms with Crippen molar-refractivity contribution in [3.8, 4) is 0 Å². The molecule has 2 unspecified atom stereocenters. The van der Waals surface area contributed by atoms with Crippen LogP contribution in [0.2, 0.25) is 5.02 Å². The van der Waals surface area contributed by atoms with Crippen LogP contribution in [-0.2, 0) is 4.74 Å². The molecule has 1 aliphatic carbocycles. The zero-order chi connectivity index (χ0) is 21.5. The lowest BCUT2D eigenvalue weighted by atomic mass is 9.89. The molecule has 1 aromatic rings. The topological polar surface area (TPSA) is 24.5 Å². The molecule has 30 heavy (non-hydrogen) atoms. The Bertz CT molecular complexity index is 688. The lowest BCUT2D eigenvalue weighted by molar-refractivity contribution is 0.121. The van der Waals surface area contributed by atoms with Crippen molar-refractivity contribution in [3.63, 3.8) is 0 Å². The molecule has 5 heteroatoms. The number of allylic oxidation sites excluding steroid dienone is 1. The van der Waals surface area contributed by atoms with Crippen LogP contribution in [0.5, 0.6) is 0 Å². The second-order valence-electron chi connectivity index (χ2n) is 9.34. The van der Waals surface area contributed by atoms with Crippen LogP contribution in [0.1, 0.15) is 57.4 Å². The molecule has 0 spiro atoms. The van der Waals surface area contributed by atoms with Crippen molar-refractivity contribution in [3.05, 3.63) is 46.8 Å². The molecule has 3 nitrogen and oxygen atoms in total. The largest absolute Gasteiger partial charge is 0.377 e. The van der Waals surface area contributed by atoms with Crippen molar-refractivity contribution < 1.29 is 9.13 Å². The van der Waals surface area contributed by atoms with Gasteiger partial charge in [0.1, 0.15) is 5.82 Å². The van der Waals surface area contributed by atoms with Gasteiger partial charge in [0.15, 0.2) is 0 Å². The monoisotopic (exact) mass is 436 g/mol. The first kappa shape index (κ1) is 23.7. The molecule has 1 aromatic carbocycles. The molecule has 1 saturated heterocycles. The minimum Gasteiger partial charge on any atom is -0.377 e. The fourth-order valence-corrected chi connectivity index (χ4v) is 4.94. The fourth-order valence-electron chi connectivity index (χ4n) is 4.75. The Morgan fingerprint density at radius 3 is 2.53 bits per heavy atom. The zero-order valence-electron chi connectivity index (χ0n) is 18.7. The van der Waals surface area contributed by atoms with E-state index in [-0.39, 0.29) is 10.8 Å². The van der Waals surface area contributed by atoms with E-state index < -0.39 is 0 Å². The summed E-state index contributed by atoms with van der Waals surface area (Å²) >= 11 is 5.98. The number of hydrogen-bond acceptors (Lipinski definition) is 3. The van der Waals surface area contributed by atoms with E-state index in [4.69, 9.17) is 16.3 Å². The van der Waals surface area contributed by atoms with Gasteiger partial charge in [-0.15, -0.1) is 0 Å². The standard InChI is InChI=1S/C25H38ClFN2O/c1-18(2)25(28-13-10-19-4-7-22(30-3)8-5-19)17-29-14-11-20(12-15-29)21-6-9-24(27)23(26)16-21/h4,6-7,9,16,18-20,22,25,28H,5,8,10-15,17H2,1-3H3/t19?,22?,25-/m0/s1. The summed E-state index contributed by atoms with van der Waals surface area (Å²) in [5.41, 5.74) is 1.18. The van der Waals surface area contributed by atoms with Gasteiger partial charge >= 0.3 is 0 Å². The molecule has 0 saturated carbocycles. The Morgan fingerprint density at radius 1 is 1.17 bits per heavy atom. The molecule has 3 rings (SSSR count). The molecule has 0 aromatic heterocycles. The van der Waals surface area contributed by atoms with Crippen molar-refractivity contribution in [2.24, 2.45) is 11.8 Å². The molecular weight excluding hydrogens is 399 g/mol. The lowest BCUT2D eigenvalue weighted by Gasteiger charge is -2.36. The molecule has 2 aliphatic rings. The third-order valence-electron chi connectivity index (χ3n) is 6.91. The Hall–Kier alpha value is -0.940. The number of benzene rings is 1. The molecule has 3 atom stereocenters. The number of likely N-dealkylation sites (tertiary alicyclic amines) is 1. The van der Waals surface area contributed by atoms with Crippen LogP contribution in [0.15, 0.2) is 30.4 Å². The maximum absolute atomic E-state index is 13.4. The second-order valence-corrected chi connectivity index (χ2v) is 9.75. The summed E-state index contributed by atoms with van der Waals surface area (Å²) in [5.74, 6) is 1.44. The minimum absolute atomic E-state index is 0.240. The summed E-state index contributed by atoms with van der Waals surface area (Å²) in [7, 11) is 1.79. The normalized spacial score (nSPS) is 24.5. The number of ether oxygens (including phenoxy) is 1. The van der Waals surface area contributed by atoms with E-state index in [9.17, 15) is 4.39 Å². The summed E-state index contributed by atoms with van der Waals surface area (Å²) in [5, 5.41) is 4.07. The van der Waals surface area contributed by atoms with Gasteiger partial charge < -0.3 is 15.0 Å². The number of piperidine rings is 1. The number of halogens is 2. The van der Waals surface area contributed by atoms with Gasteiger partial charge in [-0.05, 0) is 87.2 Å². The molecule has 1 fully saturated rings. The predicted octanol–water partition coefficient (Wildman–Crippen LogP) is 5.64. The Balaban J connectivity index is 1.42. The lowest BCUT2D eigenvalue weighted by Crippen LogP contribution is -2.47. The highest BCUT2D eigenvalue weighted by Gasteiger charge is 2.24. The second kappa shape index (κ2) is 11.6. The molecule has 168 valence electrons. The van der Waals surface area contributed by atoms with Crippen LogP contribution in [0.3, 0.4) is 0 Å². The number of hydrogen-bond donors (Lipinski definition) is 1. The van der Waals surface area contributed by atoms with Gasteiger partial charge in [0.25, 0.3) is 0 Å². The predicted molar refractivity (Wildman–Crippen MR) is 124 cm³/mol. The van der Waals surface area contributed by atoms with E-state index in [2.05, 4.69) is 36.2 Å². The zero-order valence-corrected chi connectivity index (χ0v) is 19.5. The third-order valence-corrected chi connectivity index (χ3v) is 7.20. The van der Waals surface area contributed by atoms with Crippen molar-refractivity contribution >= 4 is 11.6 Å². The Morgan fingerprint density at radius 2 is 1.93 bits per heavy atom. The first-order valence-corrected chi connectivity index (χ1v) is 12.0. The molecular formula is C25H38ClFN2O. The van der Waals surface area contributed by atoms with E-state index >= 15 is 0 Å². The number of nitrogens with zero attached hydrogens (tertiary/aromatic N) is 1. The quantitative estimate of drug-likeness (QED) is 0.506. The van der Waals surface area contributed by atoms with Crippen molar-refractivity contribution in [2.45, 2.75) is 64.0 Å². The van der Waals surface area contributed by atoms with E-state index in [1.54, 1.807) is 7.11 Å². The van der Waals surface area contributed by atoms with Crippen LogP contribution in [0.4, 0.5) is 4.39 Å². The van der Waals surface area contributed by atoms with Gasteiger partial charge in [-0.2, -0.15) is 0 Å². The average molecular weight is 437 g/mol. The highest BCUT2D eigenvalue weighted by molar-refractivity contribution is 6.30. The van der Waals surface area contributed by atoms with Crippen LogP contribution in [-0.4, -0.2) is 50.3 Å². The maximum Gasteiger partial charge on any atom is 0.141 e. The smallest absolute Gasteiger partial charge is 0.141 e. The Kier molecular flexibility index (Phi) is 9.18. The molecule has 0 bridgehead atoms. The summed E-state index contributed by atoms with van der Waals surface area (Å²) < 4.78 is 18.9. The van der Waals surface area contributed by atoms with E-state index in [0.29, 0.717) is 29.9 Å². The summed E-state index contributed by atoms with van der Waals surface area (Å²) in [6, 6.07) is 5.72. The van der Waals surface area contributed by atoms with Crippen molar-refractivity contribution in [1.29, 1.82) is 0 Å². The number of methoxy groups -OCH3 is 1. The van der Waals surface area contributed by atoms with Crippen molar-refractivity contribution in [2.75, 3.05) is 33.3 Å². The van der Waals surface area contributed by atoms with Crippen LogP contribution < -0.4 is 5.32 Å². The SMILES string of the molecule is COC1C=CC(CCN[C@@H](CN2CCC(c3ccc(F)c(Cl)c3)CC2)C(C)C)CC1. The summed E-state index contributed by atoms with van der Waals surface area (Å²) in [6.07, 6.45) is 10.7. The first-order chi connectivity index (χ1) is 14.5. The van der Waals surface area contributed by atoms with E-state index in [1.165, 1.54) is 24.5 Å². The first-order valence-electron chi connectivity index (χ1n) is 11.6. The van der Waals surface area contributed by atoms with Gasteiger partial charge in [-0.25, -0.2) is 4.39 Å². The van der Waals surface area contributed by atoms with Crippen molar-refractivity contribution in [1.82, 2.24) is 10.2 Å². The minimum atomic E-state index is -0.328. The number of rotatable bonds is 9. The van der Waals surface area contributed by atoms with E-state index in [1.807, 2.05) is 12.1 Å². The molecule has 0 radical (unpaired) electrons. The van der Waals surface area contributed by atoms with Gasteiger partial charge in [-0.3, -0.25) is 0 Å². The molecule has 0 amide bonds. The van der Waals surface area contributed by atoms with Crippen LogP contribution in [0.25, 0.3) is 0 Å².